The molecule has 0 saturated carbocycles. The van der Waals surface area contributed by atoms with Gasteiger partial charge in [0.25, 0.3) is 0 Å². The van der Waals surface area contributed by atoms with E-state index >= 15 is 0 Å². The number of unbranched alkanes of at least 4 members (excludes halogenated alkanes) is 22. The van der Waals surface area contributed by atoms with Gasteiger partial charge in [0.2, 0.25) is 0 Å². The van der Waals surface area contributed by atoms with Crippen LogP contribution in [0.5, 0.6) is 0 Å². The molecule has 7 nitrogen and oxygen atoms in total. The van der Waals surface area contributed by atoms with Crippen LogP contribution in [0.25, 0.3) is 0 Å². The van der Waals surface area contributed by atoms with Crippen LogP contribution in [0, 0.1) is 0 Å². The first-order valence-electron chi connectivity index (χ1n) is 18.9. The van der Waals surface area contributed by atoms with Crippen molar-refractivity contribution in [2.24, 2.45) is 0 Å². The normalized spacial score (nSPS) is 11.4. The lowest BCUT2D eigenvalue weighted by Crippen LogP contribution is -2.06. The second-order valence-corrected chi connectivity index (χ2v) is 12.4. The van der Waals surface area contributed by atoms with Crippen molar-refractivity contribution in [2.75, 3.05) is 20.3 Å². The van der Waals surface area contributed by atoms with Crippen LogP contribution in [0.2, 0.25) is 0 Å². The molecule has 0 aliphatic rings. The van der Waals surface area contributed by atoms with E-state index in [1.807, 2.05) is 0 Å². The Hall–Kier alpha value is -1.92. The van der Waals surface area contributed by atoms with E-state index in [1.165, 1.54) is 141 Å². The lowest BCUT2D eigenvalue weighted by molar-refractivity contribution is -0.143. The van der Waals surface area contributed by atoms with Crippen LogP contribution >= 0.6 is 0 Å². The van der Waals surface area contributed by atoms with Gasteiger partial charge in [-0.1, -0.05) is 162 Å². The van der Waals surface area contributed by atoms with E-state index < -0.39 is 11.9 Å². The Morgan fingerprint density at radius 3 is 1.02 bits per heavy atom. The summed E-state index contributed by atoms with van der Waals surface area (Å²) in [6.07, 6.45) is 34.1. The molecule has 0 unspecified atom stereocenters. The summed E-state index contributed by atoms with van der Waals surface area (Å²) in [6, 6.07) is 0. The Kier molecular flexibility index (Phi) is 38.4. The average Bonchev–Trinajstić information content (AvgIpc) is 3.02. The van der Waals surface area contributed by atoms with Gasteiger partial charge >= 0.3 is 17.9 Å². The Morgan fingerprint density at radius 1 is 0.422 bits per heavy atom. The van der Waals surface area contributed by atoms with E-state index in [0.29, 0.717) is 5.95 Å². The number of carboxylic acid groups (broad SMARTS) is 2. The fraction of sp³-hybridized carbons (Fsp3) is 0.895. The molecule has 268 valence electrons. The molecule has 0 aliphatic heterocycles. The van der Waals surface area contributed by atoms with Gasteiger partial charge < -0.3 is 24.4 Å². The van der Waals surface area contributed by atoms with E-state index in [4.69, 9.17) is 24.4 Å². The van der Waals surface area contributed by atoms with Crippen molar-refractivity contribution in [3.05, 3.63) is 11.7 Å². The zero-order valence-corrected chi connectivity index (χ0v) is 30.1. The minimum absolute atomic E-state index is 0.296. The first kappa shape index (κ1) is 45.2. The molecule has 0 rings (SSSR count). The first-order chi connectivity index (χ1) is 21.9. The third-order valence-electron chi connectivity index (χ3n) is 7.95. The van der Waals surface area contributed by atoms with Crippen molar-refractivity contribution in [1.29, 1.82) is 0 Å². The summed E-state index contributed by atoms with van der Waals surface area (Å²) in [5.41, 5.74) is 0. The maximum atomic E-state index is 9.64. The molecule has 0 spiro atoms. The third-order valence-corrected chi connectivity index (χ3v) is 7.95. The van der Waals surface area contributed by atoms with Crippen LogP contribution in [0.4, 0.5) is 0 Å². The second kappa shape index (κ2) is 38.3. The van der Waals surface area contributed by atoms with E-state index in [2.05, 4.69) is 20.8 Å². The molecule has 0 radical (unpaired) electrons. The molecule has 45 heavy (non-hydrogen) atoms. The molecule has 0 aromatic heterocycles. The van der Waals surface area contributed by atoms with Crippen molar-refractivity contribution in [1.82, 2.24) is 0 Å². The van der Waals surface area contributed by atoms with Crippen LogP contribution in [0.1, 0.15) is 201 Å². The van der Waals surface area contributed by atoms with Gasteiger partial charge in [0.05, 0.1) is 33.2 Å². The zero-order chi connectivity index (χ0) is 33.6. The maximum Gasteiger partial charge on any atom is 0.318 e. The monoisotopic (exact) mass is 643 g/mol. The van der Waals surface area contributed by atoms with Gasteiger partial charge in [0, 0.05) is 6.42 Å². The van der Waals surface area contributed by atoms with Gasteiger partial charge in [-0.3, -0.25) is 9.59 Å². The number of allylic oxidation sites excluding steroid dienone is 1. The molecular formula is C38H74O7. The van der Waals surface area contributed by atoms with E-state index in [1.54, 1.807) is 7.11 Å². The molecule has 0 saturated heterocycles. The van der Waals surface area contributed by atoms with Crippen molar-refractivity contribution >= 4 is 11.9 Å². The highest BCUT2D eigenvalue weighted by molar-refractivity contribution is 5.75. The Balaban J connectivity index is 0. The second-order valence-electron chi connectivity index (χ2n) is 12.4. The predicted molar refractivity (Wildman–Crippen MR) is 188 cm³/mol. The number of carbonyl (C=O) groups is 2. The van der Waals surface area contributed by atoms with Crippen LogP contribution < -0.4 is 0 Å². The first-order valence-corrected chi connectivity index (χ1v) is 18.9. The summed E-state index contributed by atoms with van der Waals surface area (Å²) in [7, 11) is 1.71. The van der Waals surface area contributed by atoms with Crippen molar-refractivity contribution in [2.45, 2.75) is 201 Å². The molecule has 0 heterocycles. The highest BCUT2D eigenvalue weighted by Gasteiger charge is 2.10. The van der Waals surface area contributed by atoms with Crippen LogP contribution in [0.15, 0.2) is 11.7 Å². The number of methoxy groups -OCH3 is 1. The van der Waals surface area contributed by atoms with Crippen molar-refractivity contribution in [3.8, 4) is 0 Å². The standard InChI is InChI=1S/C34H68O3.C4H6O4/c1-5-8-10-12-14-16-18-20-22-24-26-28-31-36-33(30-7-3)34(35-4)37-32-29-27-25-23-21-19-17-15-13-11-9-6-2;5-3(6)1-2-4(7)8/h5-32H2,1-4H3;1-2H2,(H,5,6)(H,7,8). The topological polar surface area (TPSA) is 102 Å². The summed E-state index contributed by atoms with van der Waals surface area (Å²) in [4.78, 5) is 19.3. The maximum absolute atomic E-state index is 9.64. The number of carboxylic acids is 2. The van der Waals surface area contributed by atoms with Crippen LogP contribution in [-0.2, 0) is 23.8 Å². The Labute approximate surface area is 278 Å². The van der Waals surface area contributed by atoms with E-state index in [-0.39, 0.29) is 12.8 Å². The largest absolute Gasteiger partial charge is 0.491 e. The number of hydrogen-bond donors (Lipinski definition) is 2. The SMILES string of the molecule is CCCCCCCCCCCCCCOC(CCC)=C(OC)OCCCCCCCCCCCCCC.O=C(O)CCC(=O)O. The van der Waals surface area contributed by atoms with Gasteiger partial charge in [0.1, 0.15) is 0 Å². The highest BCUT2D eigenvalue weighted by atomic mass is 16.7. The van der Waals surface area contributed by atoms with Crippen molar-refractivity contribution in [3.63, 3.8) is 0 Å². The number of rotatable bonds is 34. The van der Waals surface area contributed by atoms with Crippen molar-refractivity contribution < 1.29 is 34.0 Å². The number of aliphatic carboxylic acids is 2. The summed E-state index contributed by atoms with van der Waals surface area (Å²) in [6.45, 7) is 8.27. The molecular weight excluding hydrogens is 568 g/mol. The molecule has 0 aromatic carbocycles. The van der Waals surface area contributed by atoms with Crippen LogP contribution in [-0.4, -0.2) is 42.5 Å². The summed E-state index contributed by atoms with van der Waals surface area (Å²) < 4.78 is 17.7. The highest BCUT2D eigenvalue weighted by Crippen LogP contribution is 2.18. The molecule has 2 N–H and O–H groups in total. The fourth-order valence-electron chi connectivity index (χ4n) is 5.17. The lowest BCUT2D eigenvalue weighted by Gasteiger charge is -2.15. The Morgan fingerprint density at radius 2 is 0.733 bits per heavy atom. The quantitative estimate of drug-likeness (QED) is 0.0531. The molecule has 7 heteroatoms. The number of ether oxygens (including phenoxy) is 3. The third kappa shape index (κ3) is 38.2. The number of hydrogen-bond acceptors (Lipinski definition) is 5. The van der Waals surface area contributed by atoms with Gasteiger partial charge in [-0.15, -0.1) is 0 Å². The minimum Gasteiger partial charge on any atom is -0.491 e. The average molecular weight is 643 g/mol. The van der Waals surface area contributed by atoms with E-state index in [9.17, 15) is 9.59 Å². The molecule has 0 aromatic rings. The van der Waals surface area contributed by atoms with E-state index in [0.717, 1.165) is 44.7 Å². The van der Waals surface area contributed by atoms with Crippen LogP contribution in [0.3, 0.4) is 0 Å². The molecule has 0 atom stereocenters. The smallest absolute Gasteiger partial charge is 0.318 e. The van der Waals surface area contributed by atoms with Gasteiger partial charge in [0.15, 0.2) is 5.76 Å². The minimum atomic E-state index is -1.08. The zero-order valence-electron chi connectivity index (χ0n) is 30.1. The predicted octanol–water partition coefficient (Wildman–Crippen LogP) is 12.0. The summed E-state index contributed by atoms with van der Waals surface area (Å²) in [5, 5.41) is 15.8. The summed E-state index contributed by atoms with van der Waals surface area (Å²) >= 11 is 0. The van der Waals surface area contributed by atoms with Gasteiger partial charge in [-0.2, -0.15) is 0 Å². The lowest BCUT2D eigenvalue weighted by atomic mass is 10.1. The molecule has 0 bridgehead atoms. The molecule has 0 amide bonds. The Bertz CT molecular complexity index is 648. The summed E-state index contributed by atoms with van der Waals surface area (Å²) in [5.74, 6) is -0.629. The molecule has 0 aliphatic carbocycles. The fourth-order valence-corrected chi connectivity index (χ4v) is 5.17. The van der Waals surface area contributed by atoms with Gasteiger partial charge in [-0.25, -0.2) is 0 Å². The molecule has 0 fully saturated rings. The van der Waals surface area contributed by atoms with Gasteiger partial charge in [-0.05, 0) is 19.3 Å².